The first-order chi connectivity index (χ1) is 7.22. The lowest BCUT2D eigenvalue weighted by atomic mass is 10.3. The van der Waals surface area contributed by atoms with Crippen molar-refractivity contribution in [1.29, 1.82) is 0 Å². The molecule has 5 heteroatoms. The van der Waals surface area contributed by atoms with E-state index in [9.17, 15) is 9.59 Å². The molecule has 0 atom stereocenters. The molecule has 1 aliphatic rings. The van der Waals surface area contributed by atoms with E-state index in [2.05, 4.69) is 5.32 Å². The Bertz CT molecular complexity index is 420. The van der Waals surface area contributed by atoms with E-state index >= 15 is 0 Å². The van der Waals surface area contributed by atoms with Crippen molar-refractivity contribution in [2.24, 2.45) is 0 Å². The van der Waals surface area contributed by atoms with Crippen LogP contribution in [-0.4, -0.2) is 23.4 Å². The Morgan fingerprint density at radius 1 is 1.53 bits per heavy atom. The van der Waals surface area contributed by atoms with E-state index in [-0.39, 0.29) is 17.6 Å². The van der Waals surface area contributed by atoms with Crippen LogP contribution in [0, 0.1) is 0 Å². The van der Waals surface area contributed by atoms with E-state index in [1.165, 1.54) is 12.3 Å². The first kappa shape index (κ1) is 9.51. The number of furan rings is 1. The Labute approximate surface area is 86.4 Å². The maximum absolute atomic E-state index is 11.6. The zero-order valence-electron chi connectivity index (χ0n) is 8.19. The monoisotopic (exact) mass is 206 g/mol. The van der Waals surface area contributed by atoms with Crippen LogP contribution in [0.1, 0.15) is 12.7 Å². The van der Waals surface area contributed by atoms with Gasteiger partial charge in [-0.1, -0.05) is 0 Å². The summed E-state index contributed by atoms with van der Waals surface area (Å²) in [5.74, 6) is 0.218. The zero-order valence-corrected chi connectivity index (χ0v) is 8.19. The number of imide groups is 1. The molecule has 1 N–H and O–H groups in total. The van der Waals surface area contributed by atoms with Gasteiger partial charge in [0.25, 0.3) is 5.91 Å². The SMILES string of the molecule is CCN1C(=O)N/C(=C\c2ccco2)C1=O. The van der Waals surface area contributed by atoms with Gasteiger partial charge in [0.05, 0.1) is 6.26 Å². The first-order valence-corrected chi connectivity index (χ1v) is 4.60. The summed E-state index contributed by atoms with van der Waals surface area (Å²) in [6, 6.07) is 3.03. The fourth-order valence-corrected chi connectivity index (χ4v) is 1.37. The number of hydrogen-bond acceptors (Lipinski definition) is 3. The molecule has 1 aromatic rings. The molecule has 0 spiro atoms. The maximum Gasteiger partial charge on any atom is 0.328 e. The van der Waals surface area contributed by atoms with Gasteiger partial charge < -0.3 is 9.73 Å². The van der Waals surface area contributed by atoms with Crippen molar-refractivity contribution < 1.29 is 14.0 Å². The molecule has 78 valence electrons. The van der Waals surface area contributed by atoms with Gasteiger partial charge in [0.2, 0.25) is 0 Å². The zero-order chi connectivity index (χ0) is 10.8. The van der Waals surface area contributed by atoms with Gasteiger partial charge in [-0.15, -0.1) is 0 Å². The molecule has 1 fully saturated rings. The van der Waals surface area contributed by atoms with Gasteiger partial charge in [-0.3, -0.25) is 9.69 Å². The average molecular weight is 206 g/mol. The van der Waals surface area contributed by atoms with Crippen LogP contribution in [0.3, 0.4) is 0 Å². The second kappa shape index (κ2) is 3.61. The molecule has 0 bridgehead atoms. The van der Waals surface area contributed by atoms with Crippen LogP contribution in [0.4, 0.5) is 4.79 Å². The number of hydrogen-bond donors (Lipinski definition) is 1. The fraction of sp³-hybridized carbons (Fsp3) is 0.200. The van der Waals surface area contributed by atoms with E-state index in [0.29, 0.717) is 12.3 Å². The summed E-state index contributed by atoms with van der Waals surface area (Å²) >= 11 is 0. The number of carbonyl (C=O) groups is 2. The van der Waals surface area contributed by atoms with Gasteiger partial charge in [0.15, 0.2) is 0 Å². The van der Waals surface area contributed by atoms with Crippen LogP contribution in [0.15, 0.2) is 28.5 Å². The smallest absolute Gasteiger partial charge is 0.328 e. The number of rotatable bonds is 2. The molecule has 0 saturated carbocycles. The third kappa shape index (κ3) is 1.63. The highest BCUT2D eigenvalue weighted by molar-refractivity contribution is 6.13. The number of likely N-dealkylation sites (N-methyl/N-ethyl adjacent to an activating group) is 1. The number of carbonyl (C=O) groups excluding carboxylic acids is 2. The van der Waals surface area contributed by atoms with E-state index in [0.717, 1.165) is 4.90 Å². The van der Waals surface area contributed by atoms with Crippen molar-refractivity contribution in [2.75, 3.05) is 6.54 Å². The summed E-state index contributed by atoms with van der Waals surface area (Å²) in [7, 11) is 0. The second-order valence-corrected chi connectivity index (χ2v) is 3.05. The third-order valence-corrected chi connectivity index (χ3v) is 2.11. The molecule has 0 aromatic carbocycles. The van der Waals surface area contributed by atoms with Gasteiger partial charge in [0, 0.05) is 12.6 Å². The largest absolute Gasteiger partial charge is 0.465 e. The van der Waals surface area contributed by atoms with Gasteiger partial charge in [-0.05, 0) is 19.1 Å². The Balaban J connectivity index is 2.26. The predicted octanol–water partition coefficient (Wildman–Crippen LogP) is 1.19. The third-order valence-electron chi connectivity index (χ3n) is 2.11. The van der Waals surface area contributed by atoms with Gasteiger partial charge in [-0.2, -0.15) is 0 Å². The normalized spacial score (nSPS) is 18.7. The minimum absolute atomic E-state index is 0.247. The molecule has 1 aliphatic heterocycles. The van der Waals surface area contributed by atoms with Crippen LogP contribution in [0.25, 0.3) is 6.08 Å². The lowest BCUT2D eigenvalue weighted by Gasteiger charge is -2.05. The molecule has 3 amide bonds. The quantitative estimate of drug-likeness (QED) is 0.584. The number of urea groups is 1. The lowest BCUT2D eigenvalue weighted by Crippen LogP contribution is -2.30. The molecule has 15 heavy (non-hydrogen) atoms. The number of amides is 3. The molecule has 5 nitrogen and oxygen atoms in total. The van der Waals surface area contributed by atoms with Crippen LogP contribution in [0.2, 0.25) is 0 Å². The predicted molar refractivity (Wildman–Crippen MR) is 52.6 cm³/mol. The molecule has 1 saturated heterocycles. The van der Waals surface area contributed by atoms with Crippen molar-refractivity contribution in [3.8, 4) is 0 Å². The molecule has 2 rings (SSSR count). The summed E-state index contributed by atoms with van der Waals surface area (Å²) in [6.45, 7) is 2.10. The first-order valence-electron chi connectivity index (χ1n) is 4.60. The van der Waals surface area contributed by atoms with Gasteiger partial charge >= 0.3 is 6.03 Å². The topological polar surface area (TPSA) is 62.6 Å². The summed E-state index contributed by atoms with van der Waals surface area (Å²) in [4.78, 5) is 24.0. The Morgan fingerprint density at radius 3 is 2.87 bits per heavy atom. The Kier molecular flexibility index (Phi) is 2.29. The molecule has 0 unspecified atom stereocenters. The van der Waals surface area contributed by atoms with Crippen molar-refractivity contribution in [1.82, 2.24) is 10.2 Å². The second-order valence-electron chi connectivity index (χ2n) is 3.05. The molecular formula is C10H10N2O3. The van der Waals surface area contributed by atoms with Crippen LogP contribution >= 0.6 is 0 Å². The number of nitrogens with zero attached hydrogens (tertiary/aromatic N) is 1. The summed E-state index contributed by atoms with van der Waals surface area (Å²) in [5.41, 5.74) is 0.247. The van der Waals surface area contributed by atoms with E-state index < -0.39 is 0 Å². The average Bonchev–Trinajstić information content (AvgIpc) is 2.78. The molecule has 2 heterocycles. The summed E-state index contributed by atoms with van der Waals surface area (Å²) < 4.78 is 5.05. The maximum atomic E-state index is 11.6. The highest BCUT2D eigenvalue weighted by Gasteiger charge is 2.32. The van der Waals surface area contributed by atoms with Crippen molar-refractivity contribution in [3.63, 3.8) is 0 Å². The minimum Gasteiger partial charge on any atom is -0.465 e. The summed E-state index contributed by atoms with van der Waals surface area (Å²) in [6.07, 6.45) is 3.02. The molecule has 0 radical (unpaired) electrons. The highest BCUT2D eigenvalue weighted by Crippen LogP contribution is 2.13. The number of nitrogens with one attached hydrogen (secondary N) is 1. The Morgan fingerprint density at radius 2 is 2.33 bits per heavy atom. The standard InChI is InChI=1S/C10H10N2O3/c1-2-12-9(13)8(11-10(12)14)6-7-4-3-5-15-7/h3-6H,2H2,1H3,(H,11,14)/b8-6-. The van der Waals surface area contributed by atoms with Gasteiger partial charge in [0.1, 0.15) is 11.5 Å². The van der Waals surface area contributed by atoms with Crippen LogP contribution < -0.4 is 5.32 Å². The molecule has 1 aromatic heterocycles. The van der Waals surface area contributed by atoms with E-state index in [4.69, 9.17) is 4.42 Å². The fourth-order valence-electron chi connectivity index (χ4n) is 1.37. The lowest BCUT2D eigenvalue weighted by molar-refractivity contribution is -0.122. The van der Waals surface area contributed by atoms with Crippen molar-refractivity contribution >= 4 is 18.0 Å². The minimum atomic E-state index is -0.389. The Hall–Kier alpha value is -2.04. The van der Waals surface area contributed by atoms with Crippen molar-refractivity contribution in [3.05, 3.63) is 29.9 Å². The van der Waals surface area contributed by atoms with Gasteiger partial charge in [-0.25, -0.2) is 4.79 Å². The van der Waals surface area contributed by atoms with Crippen molar-refractivity contribution in [2.45, 2.75) is 6.92 Å². The highest BCUT2D eigenvalue weighted by atomic mass is 16.3. The van der Waals surface area contributed by atoms with E-state index in [1.54, 1.807) is 19.1 Å². The van der Waals surface area contributed by atoms with Crippen LogP contribution in [-0.2, 0) is 4.79 Å². The van der Waals surface area contributed by atoms with Crippen LogP contribution in [0.5, 0.6) is 0 Å². The summed E-state index contributed by atoms with van der Waals surface area (Å²) in [5, 5.41) is 2.48. The van der Waals surface area contributed by atoms with E-state index in [1.807, 2.05) is 0 Å². The molecular weight excluding hydrogens is 196 g/mol. The molecule has 0 aliphatic carbocycles.